The standard InChI is InChI=1S/C17H19FO2/c1-4-20-16-8-5-11(2)9-15(16)17(19)14-10-13(18)7-6-12(14)3/h5-10,17,19H,4H2,1-3H3. The summed E-state index contributed by atoms with van der Waals surface area (Å²) in [5, 5.41) is 10.6. The Kier molecular flexibility index (Phi) is 4.40. The van der Waals surface area contributed by atoms with Crippen molar-refractivity contribution in [3.8, 4) is 5.75 Å². The van der Waals surface area contributed by atoms with E-state index in [0.717, 1.165) is 11.1 Å². The highest BCUT2D eigenvalue weighted by Gasteiger charge is 2.18. The fourth-order valence-electron chi connectivity index (χ4n) is 2.24. The van der Waals surface area contributed by atoms with E-state index in [2.05, 4.69) is 0 Å². The minimum Gasteiger partial charge on any atom is -0.493 e. The van der Waals surface area contributed by atoms with Crippen LogP contribution >= 0.6 is 0 Å². The van der Waals surface area contributed by atoms with Crippen molar-refractivity contribution in [2.75, 3.05) is 6.61 Å². The second-order valence-corrected chi connectivity index (χ2v) is 4.88. The van der Waals surface area contributed by atoms with Gasteiger partial charge in [0.25, 0.3) is 0 Å². The molecule has 0 saturated carbocycles. The summed E-state index contributed by atoms with van der Waals surface area (Å²) in [5.74, 6) is 0.282. The van der Waals surface area contributed by atoms with Crippen molar-refractivity contribution >= 4 is 0 Å². The minimum absolute atomic E-state index is 0.352. The van der Waals surface area contributed by atoms with E-state index in [0.29, 0.717) is 23.5 Å². The monoisotopic (exact) mass is 274 g/mol. The third-order valence-corrected chi connectivity index (χ3v) is 3.30. The van der Waals surface area contributed by atoms with Gasteiger partial charge < -0.3 is 9.84 Å². The molecule has 0 aliphatic rings. The molecule has 0 aromatic heterocycles. The number of benzene rings is 2. The van der Waals surface area contributed by atoms with Crippen molar-refractivity contribution in [2.24, 2.45) is 0 Å². The summed E-state index contributed by atoms with van der Waals surface area (Å²) in [6, 6.07) is 10.1. The third kappa shape index (κ3) is 2.99. The molecule has 0 spiro atoms. The Morgan fingerprint density at radius 1 is 1.10 bits per heavy atom. The molecule has 1 unspecified atom stereocenters. The van der Waals surface area contributed by atoms with Crippen LogP contribution in [0, 0.1) is 19.7 Å². The summed E-state index contributed by atoms with van der Waals surface area (Å²) in [5.41, 5.74) is 3.11. The molecule has 20 heavy (non-hydrogen) atoms. The lowest BCUT2D eigenvalue weighted by Crippen LogP contribution is -2.06. The first-order chi connectivity index (χ1) is 9.52. The number of aliphatic hydroxyl groups excluding tert-OH is 1. The van der Waals surface area contributed by atoms with Gasteiger partial charge in [0, 0.05) is 5.56 Å². The van der Waals surface area contributed by atoms with Crippen LogP contribution in [0.3, 0.4) is 0 Å². The summed E-state index contributed by atoms with van der Waals surface area (Å²) in [7, 11) is 0. The summed E-state index contributed by atoms with van der Waals surface area (Å²) in [6.45, 7) is 6.22. The van der Waals surface area contributed by atoms with Gasteiger partial charge >= 0.3 is 0 Å². The molecule has 2 aromatic rings. The van der Waals surface area contributed by atoms with Crippen LogP contribution in [0.5, 0.6) is 5.75 Å². The van der Waals surface area contributed by atoms with E-state index >= 15 is 0 Å². The summed E-state index contributed by atoms with van der Waals surface area (Å²) < 4.78 is 19.0. The molecule has 1 atom stereocenters. The molecule has 0 heterocycles. The van der Waals surface area contributed by atoms with Crippen molar-refractivity contribution in [3.05, 3.63) is 64.5 Å². The van der Waals surface area contributed by atoms with Crippen molar-refractivity contribution in [2.45, 2.75) is 26.9 Å². The minimum atomic E-state index is -0.896. The Bertz CT molecular complexity index is 608. The van der Waals surface area contributed by atoms with Crippen LogP contribution in [0.15, 0.2) is 36.4 Å². The second-order valence-electron chi connectivity index (χ2n) is 4.88. The zero-order valence-corrected chi connectivity index (χ0v) is 12.0. The Morgan fingerprint density at radius 2 is 1.85 bits per heavy atom. The topological polar surface area (TPSA) is 29.5 Å². The van der Waals surface area contributed by atoms with Crippen LogP contribution in [-0.2, 0) is 0 Å². The maximum absolute atomic E-state index is 13.4. The average molecular weight is 274 g/mol. The Morgan fingerprint density at radius 3 is 2.55 bits per heavy atom. The van der Waals surface area contributed by atoms with E-state index in [9.17, 15) is 9.50 Å². The molecule has 3 heteroatoms. The van der Waals surface area contributed by atoms with Gasteiger partial charge in [0.1, 0.15) is 17.7 Å². The largest absolute Gasteiger partial charge is 0.493 e. The molecule has 0 aliphatic carbocycles. The normalized spacial score (nSPS) is 12.2. The number of ether oxygens (including phenoxy) is 1. The molecule has 0 amide bonds. The van der Waals surface area contributed by atoms with Gasteiger partial charge in [-0.1, -0.05) is 17.7 Å². The van der Waals surface area contributed by atoms with Crippen LogP contribution in [-0.4, -0.2) is 11.7 Å². The van der Waals surface area contributed by atoms with E-state index < -0.39 is 6.10 Å². The fraction of sp³-hybridized carbons (Fsp3) is 0.294. The number of halogens is 1. The molecule has 0 bridgehead atoms. The molecular weight excluding hydrogens is 255 g/mol. The third-order valence-electron chi connectivity index (χ3n) is 3.30. The van der Waals surface area contributed by atoms with Gasteiger partial charge in [-0.15, -0.1) is 0 Å². The van der Waals surface area contributed by atoms with Crippen LogP contribution in [0.1, 0.15) is 35.3 Å². The Hall–Kier alpha value is -1.87. The van der Waals surface area contributed by atoms with Gasteiger partial charge in [-0.05, 0) is 56.2 Å². The predicted octanol–water partition coefficient (Wildman–Crippen LogP) is 3.92. The lowest BCUT2D eigenvalue weighted by Gasteiger charge is -2.18. The molecule has 1 N–H and O–H groups in total. The highest BCUT2D eigenvalue weighted by atomic mass is 19.1. The van der Waals surface area contributed by atoms with Gasteiger partial charge in [-0.2, -0.15) is 0 Å². The lowest BCUT2D eigenvalue weighted by molar-refractivity contribution is 0.210. The van der Waals surface area contributed by atoms with Crippen molar-refractivity contribution in [1.29, 1.82) is 0 Å². The first-order valence-corrected chi connectivity index (χ1v) is 6.70. The first kappa shape index (κ1) is 14.5. The zero-order chi connectivity index (χ0) is 14.7. The van der Waals surface area contributed by atoms with E-state index in [1.54, 1.807) is 6.07 Å². The number of rotatable bonds is 4. The predicted molar refractivity (Wildman–Crippen MR) is 77.5 cm³/mol. The van der Waals surface area contributed by atoms with Gasteiger partial charge in [0.15, 0.2) is 0 Å². The van der Waals surface area contributed by atoms with Gasteiger partial charge in [-0.3, -0.25) is 0 Å². The van der Waals surface area contributed by atoms with Gasteiger partial charge in [0.2, 0.25) is 0 Å². The highest BCUT2D eigenvalue weighted by Crippen LogP contribution is 2.32. The Balaban J connectivity index is 2.49. The second kappa shape index (κ2) is 6.06. The molecular formula is C17H19FO2. The van der Waals surface area contributed by atoms with Crippen molar-refractivity contribution in [3.63, 3.8) is 0 Å². The van der Waals surface area contributed by atoms with Gasteiger partial charge in [0.05, 0.1) is 6.61 Å². The van der Waals surface area contributed by atoms with E-state index in [1.807, 2.05) is 39.0 Å². The highest BCUT2D eigenvalue weighted by molar-refractivity contribution is 5.44. The molecule has 2 aromatic carbocycles. The summed E-state index contributed by atoms with van der Waals surface area (Å²) in [6.07, 6.45) is -0.896. The maximum Gasteiger partial charge on any atom is 0.125 e. The zero-order valence-electron chi connectivity index (χ0n) is 12.0. The first-order valence-electron chi connectivity index (χ1n) is 6.70. The lowest BCUT2D eigenvalue weighted by atomic mass is 9.95. The van der Waals surface area contributed by atoms with E-state index in [1.165, 1.54) is 12.1 Å². The number of hydrogen-bond donors (Lipinski definition) is 1. The number of hydrogen-bond acceptors (Lipinski definition) is 2. The molecule has 106 valence electrons. The molecule has 0 saturated heterocycles. The number of aliphatic hydroxyl groups is 1. The molecule has 0 radical (unpaired) electrons. The average Bonchev–Trinajstić information content (AvgIpc) is 2.43. The molecule has 2 rings (SSSR count). The van der Waals surface area contributed by atoms with Crippen LogP contribution < -0.4 is 4.74 Å². The van der Waals surface area contributed by atoms with E-state index in [-0.39, 0.29) is 5.82 Å². The quantitative estimate of drug-likeness (QED) is 0.915. The summed E-state index contributed by atoms with van der Waals surface area (Å²) in [4.78, 5) is 0. The van der Waals surface area contributed by atoms with Crippen molar-refractivity contribution < 1.29 is 14.2 Å². The van der Waals surface area contributed by atoms with Crippen LogP contribution in [0.4, 0.5) is 4.39 Å². The molecule has 0 aliphatic heterocycles. The Labute approximate surface area is 118 Å². The smallest absolute Gasteiger partial charge is 0.125 e. The van der Waals surface area contributed by atoms with Crippen molar-refractivity contribution in [1.82, 2.24) is 0 Å². The SMILES string of the molecule is CCOc1ccc(C)cc1C(O)c1cc(F)ccc1C. The number of aryl methyl sites for hydroxylation is 2. The van der Waals surface area contributed by atoms with Crippen LogP contribution in [0.25, 0.3) is 0 Å². The van der Waals surface area contributed by atoms with E-state index in [4.69, 9.17) is 4.74 Å². The summed E-state index contributed by atoms with van der Waals surface area (Å²) >= 11 is 0. The van der Waals surface area contributed by atoms with Crippen LogP contribution in [0.2, 0.25) is 0 Å². The molecule has 0 fully saturated rings. The maximum atomic E-state index is 13.4. The molecule has 2 nitrogen and oxygen atoms in total. The fourth-order valence-corrected chi connectivity index (χ4v) is 2.24. The van der Waals surface area contributed by atoms with Gasteiger partial charge in [-0.25, -0.2) is 4.39 Å².